The Bertz CT molecular complexity index is 182. The van der Waals surface area contributed by atoms with E-state index in [1.807, 2.05) is 0 Å². The van der Waals surface area contributed by atoms with E-state index in [1.54, 1.807) is 0 Å². The zero-order valence-electron chi connectivity index (χ0n) is 8.20. The van der Waals surface area contributed by atoms with Gasteiger partial charge >= 0.3 is 5.97 Å². The van der Waals surface area contributed by atoms with Crippen LogP contribution in [0.1, 0.15) is 39.0 Å². The highest BCUT2D eigenvalue weighted by molar-refractivity contribution is 5.73. The minimum atomic E-state index is -0.863. The van der Waals surface area contributed by atoms with Gasteiger partial charge in [-0.25, -0.2) is 0 Å². The van der Waals surface area contributed by atoms with E-state index in [2.05, 4.69) is 6.92 Å². The summed E-state index contributed by atoms with van der Waals surface area (Å²) in [5, 5.41) is 8.67. The number of nitrogens with two attached hydrogens (primary N) is 1. The lowest BCUT2D eigenvalue weighted by molar-refractivity contribution is -0.139. The lowest BCUT2D eigenvalue weighted by Crippen LogP contribution is -2.34. The number of hydrogen-bond acceptors (Lipinski definition) is 2. The van der Waals surface area contributed by atoms with Crippen LogP contribution in [-0.2, 0) is 4.79 Å². The van der Waals surface area contributed by atoms with Crippen molar-refractivity contribution in [1.29, 1.82) is 0 Å². The molecule has 0 aromatic heterocycles. The van der Waals surface area contributed by atoms with Crippen molar-refractivity contribution in [3.05, 3.63) is 0 Å². The smallest absolute Gasteiger partial charge is 0.320 e. The fourth-order valence-corrected chi connectivity index (χ4v) is 2.17. The molecule has 0 spiro atoms. The van der Waals surface area contributed by atoms with E-state index < -0.39 is 12.0 Å². The van der Waals surface area contributed by atoms with Crippen LogP contribution in [0.4, 0.5) is 0 Å². The van der Waals surface area contributed by atoms with Crippen molar-refractivity contribution in [1.82, 2.24) is 0 Å². The van der Waals surface area contributed by atoms with Gasteiger partial charge in [0.05, 0.1) is 0 Å². The lowest BCUT2D eigenvalue weighted by Gasteiger charge is -2.29. The predicted octanol–water partition coefficient (Wildman–Crippen LogP) is 1.61. The number of carboxylic acid groups (broad SMARTS) is 1. The molecule has 0 aromatic rings. The van der Waals surface area contributed by atoms with E-state index in [0.717, 1.165) is 6.42 Å². The summed E-state index contributed by atoms with van der Waals surface area (Å²) in [6.45, 7) is 2.21. The molecule has 0 heterocycles. The normalized spacial score (nSPS) is 31.2. The first kappa shape index (κ1) is 10.5. The first-order valence-electron chi connectivity index (χ1n) is 5.09. The van der Waals surface area contributed by atoms with E-state index >= 15 is 0 Å². The molecule has 0 bridgehead atoms. The summed E-state index contributed by atoms with van der Waals surface area (Å²) in [5.74, 6) is 0.316. The van der Waals surface area contributed by atoms with Crippen LogP contribution < -0.4 is 5.73 Å². The van der Waals surface area contributed by atoms with Gasteiger partial charge in [0.25, 0.3) is 0 Å². The standard InChI is InChI=1S/C10H19NO2/c1-7-4-2-3-5-8(7)6-9(11)10(12)13/h7-9H,2-6,11H2,1H3,(H,12,13). The summed E-state index contributed by atoms with van der Waals surface area (Å²) in [6, 6.07) is -0.662. The first-order valence-corrected chi connectivity index (χ1v) is 5.09. The van der Waals surface area contributed by atoms with Gasteiger partial charge in [-0.2, -0.15) is 0 Å². The molecule has 76 valence electrons. The molecule has 3 heteroatoms. The van der Waals surface area contributed by atoms with Crippen LogP contribution in [0, 0.1) is 11.8 Å². The Morgan fingerprint density at radius 1 is 1.54 bits per heavy atom. The lowest BCUT2D eigenvalue weighted by atomic mass is 9.77. The van der Waals surface area contributed by atoms with Crippen LogP contribution in [0.2, 0.25) is 0 Å². The molecule has 0 radical (unpaired) electrons. The molecule has 1 aliphatic carbocycles. The highest BCUT2D eigenvalue weighted by Gasteiger charge is 2.25. The second-order valence-corrected chi connectivity index (χ2v) is 4.20. The van der Waals surface area contributed by atoms with Crippen LogP contribution in [0.15, 0.2) is 0 Å². The number of hydrogen-bond donors (Lipinski definition) is 2. The van der Waals surface area contributed by atoms with Crippen LogP contribution in [-0.4, -0.2) is 17.1 Å². The first-order chi connectivity index (χ1) is 6.11. The molecule has 3 nitrogen and oxygen atoms in total. The summed E-state index contributed by atoms with van der Waals surface area (Å²) in [5.41, 5.74) is 5.51. The summed E-state index contributed by atoms with van der Waals surface area (Å²) >= 11 is 0. The van der Waals surface area contributed by atoms with Gasteiger partial charge in [-0.15, -0.1) is 0 Å². The molecule has 0 saturated heterocycles. The maximum Gasteiger partial charge on any atom is 0.320 e. The Morgan fingerprint density at radius 3 is 2.69 bits per heavy atom. The average Bonchev–Trinajstić information content (AvgIpc) is 2.08. The van der Waals surface area contributed by atoms with E-state index in [4.69, 9.17) is 10.8 Å². The van der Waals surface area contributed by atoms with Gasteiger partial charge in [-0.05, 0) is 18.3 Å². The zero-order valence-corrected chi connectivity index (χ0v) is 8.20. The molecule has 1 aliphatic rings. The molecular formula is C10H19NO2. The zero-order chi connectivity index (χ0) is 9.84. The topological polar surface area (TPSA) is 63.3 Å². The Labute approximate surface area is 79.3 Å². The van der Waals surface area contributed by atoms with Crippen molar-refractivity contribution >= 4 is 5.97 Å². The molecular weight excluding hydrogens is 166 g/mol. The van der Waals surface area contributed by atoms with Gasteiger partial charge in [-0.3, -0.25) is 4.79 Å². The van der Waals surface area contributed by atoms with E-state index in [0.29, 0.717) is 18.3 Å². The molecule has 1 rings (SSSR count). The van der Waals surface area contributed by atoms with Crippen molar-refractivity contribution in [2.45, 2.75) is 45.1 Å². The average molecular weight is 185 g/mol. The van der Waals surface area contributed by atoms with Gasteiger partial charge in [0, 0.05) is 0 Å². The maximum absolute atomic E-state index is 10.6. The van der Waals surface area contributed by atoms with Gasteiger partial charge in [-0.1, -0.05) is 32.6 Å². The quantitative estimate of drug-likeness (QED) is 0.702. The minimum absolute atomic E-state index is 0.528. The highest BCUT2D eigenvalue weighted by atomic mass is 16.4. The minimum Gasteiger partial charge on any atom is -0.480 e. The monoisotopic (exact) mass is 185 g/mol. The van der Waals surface area contributed by atoms with Crippen molar-refractivity contribution in [3.8, 4) is 0 Å². The number of carboxylic acids is 1. The maximum atomic E-state index is 10.6. The third kappa shape index (κ3) is 2.99. The van der Waals surface area contributed by atoms with Crippen LogP contribution in [0.5, 0.6) is 0 Å². The Balaban J connectivity index is 2.37. The summed E-state index contributed by atoms with van der Waals surface area (Å²) in [4.78, 5) is 10.6. The molecule has 0 amide bonds. The van der Waals surface area contributed by atoms with E-state index in [1.165, 1.54) is 19.3 Å². The number of aliphatic carboxylic acids is 1. The van der Waals surface area contributed by atoms with Gasteiger partial charge in [0.15, 0.2) is 0 Å². The van der Waals surface area contributed by atoms with Crippen molar-refractivity contribution in [2.24, 2.45) is 17.6 Å². The third-order valence-electron chi connectivity index (χ3n) is 3.16. The molecule has 13 heavy (non-hydrogen) atoms. The Kier molecular flexibility index (Phi) is 3.72. The molecule has 3 N–H and O–H groups in total. The molecule has 0 aliphatic heterocycles. The van der Waals surface area contributed by atoms with E-state index in [9.17, 15) is 4.79 Å². The summed E-state index contributed by atoms with van der Waals surface area (Å²) < 4.78 is 0. The van der Waals surface area contributed by atoms with Gasteiger partial charge < -0.3 is 10.8 Å². The molecule has 0 aromatic carbocycles. The number of rotatable bonds is 3. The highest BCUT2D eigenvalue weighted by Crippen LogP contribution is 2.32. The Morgan fingerprint density at radius 2 is 2.15 bits per heavy atom. The van der Waals surface area contributed by atoms with Crippen LogP contribution in [0.25, 0.3) is 0 Å². The second kappa shape index (κ2) is 4.61. The van der Waals surface area contributed by atoms with E-state index in [-0.39, 0.29) is 0 Å². The molecule has 3 unspecified atom stereocenters. The van der Waals surface area contributed by atoms with Crippen LogP contribution >= 0.6 is 0 Å². The van der Waals surface area contributed by atoms with Crippen molar-refractivity contribution in [3.63, 3.8) is 0 Å². The fraction of sp³-hybridized carbons (Fsp3) is 0.900. The van der Waals surface area contributed by atoms with Crippen molar-refractivity contribution < 1.29 is 9.90 Å². The summed E-state index contributed by atoms with van der Waals surface area (Å²) in [6.07, 6.45) is 5.57. The molecule has 1 fully saturated rings. The predicted molar refractivity (Wildman–Crippen MR) is 51.4 cm³/mol. The SMILES string of the molecule is CC1CCCCC1CC(N)C(=O)O. The fourth-order valence-electron chi connectivity index (χ4n) is 2.17. The third-order valence-corrected chi connectivity index (χ3v) is 3.16. The summed E-state index contributed by atoms with van der Waals surface area (Å²) in [7, 11) is 0. The largest absolute Gasteiger partial charge is 0.480 e. The number of carbonyl (C=O) groups is 1. The van der Waals surface area contributed by atoms with Crippen molar-refractivity contribution in [2.75, 3.05) is 0 Å². The molecule has 1 saturated carbocycles. The Hall–Kier alpha value is -0.570. The molecule has 3 atom stereocenters. The van der Waals surface area contributed by atoms with Crippen LogP contribution in [0.3, 0.4) is 0 Å². The van der Waals surface area contributed by atoms with Gasteiger partial charge in [0.2, 0.25) is 0 Å². The second-order valence-electron chi connectivity index (χ2n) is 4.20. The van der Waals surface area contributed by atoms with Gasteiger partial charge in [0.1, 0.15) is 6.04 Å².